The number of rotatable bonds is 7. The fraction of sp³-hybridized carbons (Fsp3) is 0.625. The van der Waals surface area contributed by atoms with Gasteiger partial charge in [-0.1, -0.05) is 17.7 Å². The maximum atomic E-state index is 11.0. The summed E-state index contributed by atoms with van der Waals surface area (Å²) in [6.45, 7) is 3.82. The van der Waals surface area contributed by atoms with Crippen molar-refractivity contribution in [3.05, 3.63) is 38.9 Å². The lowest BCUT2D eigenvalue weighted by Crippen LogP contribution is -2.43. The van der Waals surface area contributed by atoms with Gasteiger partial charge in [0.05, 0.1) is 4.92 Å². The number of halogens is 1. The number of hydrogen-bond donors (Lipinski definition) is 1. The smallest absolute Gasteiger partial charge is 0.288 e. The Kier molecular flexibility index (Phi) is 6.77. The van der Waals surface area contributed by atoms with Crippen LogP contribution >= 0.6 is 11.6 Å². The number of piperidine rings is 1. The number of likely N-dealkylation sites (tertiary alicyclic amines) is 1. The van der Waals surface area contributed by atoms with Crippen molar-refractivity contribution in [2.24, 2.45) is 0 Å². The lowest BCUT2D eigenvalue weighted by molar-refractivity contribution is -0.384. The van der Waals surface area contributed by atoms with Gasteiger partial charge in [-0.15, -0.1) is 0 Å². The predicted octanol–water partition coefficient (Wildman–Crippen LogP) is 2.53. The number of aliphatic hydroxyl groups excluding tert-OH is 1. The van der Waals surface area contributed by atoms with Gasteiger partial charge < -0.3 is 10.0 Å². The summed E-state index contributed by atoms with van der Waals surface area (Å²) in [7, 11) is 2.11. The zero-order valence-corrected chi connectivity index (χ0v) is 14.2. The minimum absolute atomic E-state index is 0.0252. The average Bonchev–Trinajstić information content (AvgIpc) is 2.54. The molecule has 2 rings (SSSR count). The highest BCUT2D eigenvalue weighted by atomic mass is 35.5. The Balaban J connectivity index is 1.87. The number of nitro benzene ring substituents is 1. The molecule has 6 nitrogen and oxygen atoms in total. The normalized spacial score (nSPS) is 16.9. The summed E-state index contributed by atoms with van der Waals surface area (Å²) in [6, 6.07) is 5.58. The van der Waals surface area contributed by atoms with Crippen LogP contribution in [0, 0.1) is 10.1 Å². The number of nitro groups is 1. The average molecular weight is 342 g/mol. The first-order valence-corrected chi connectivity index (χ1v) is 8.35. The molecule has 1 aliphatic rings. The van der Waals surface area contributed by atoms with Gasteiger partial charge in [0.2, 0.25) is 0 Å². The Labute approximate surface area is 141 Å². The van der Waals surface area contributed by atoms with Crippen molar-refractivity contribution in [3.63, 3.8) is 0 Å². The molecule has 1 saturated heterocycles. The van der Waals surface area contributed by atoms with Crippen LogP contribution in [-0.2, 0) is 6.54 Å². The third kappa shape index (κ3) is 5.14. The van der Waals surface area contributed by atoms with Gasteiger partial charge in [-0.2, -0.15) is 0 Å². The summed E-state index contributed by atoms with van der Waals surface area (Å²) < 4.78 is 0. The van der Waals surface area contributed by atoms with Crippen LogP contribution in [0.4, 0.5) is 5.69 Å². The van der Waals surface area contributed by atoms with E-state index in [1.165, 1.54) is 0 Å². The molecule has 1 N–H and O–H groups in total. The highest BCUT2D eigenvalue weighted by Gasteiger charge is 2.22. The summed E-state index contributed by atoms with van der Waals surface area (Å²) in [6.07, 6.45) is 2.97. The van der Waals surface area contributed by atoms with Crippen LogP contribution < -0.4 is 0 Å². The molecule has 1 aliphatic heterocycles. The van der Waals surface area contributed by atoms with E-state index >= 15 is 0 Å². The highest BCUT2D eigenvalue weighted by molar-refractivity contribution is 6.32. The lowest BCUT2D eigenvalue weighted by atomic mass is 10.0. The molecule has 7 heteroatoms. The van der Waals surface area contributed by atoms with Crippen LogP contribution in [0.1, 0.15) is 24.8 Å². The molecule has 23 heavy (non-hydrogen) atoms. The fourth-order valence-electron chi connectivity index (χ4n) is 3.08. The van der Waals surface area contributed by atoms with E-state index in [4.69, 9.17) is 16.7 Å². The van der Waals surface area contributed by atoms with Crippen molar-refractivity contribution in [2.45, 2.75) is 31.8 Å². The summed E-state index contributed by atoms with van der Waals surface area (Å²) >= 11 is 5.85. The van der Waals surface area contributed by atoms with Crippen molar-refractivity contribution in [3.8, 4) is 0 Å². The maximum absolute atomic E-state index is 11.0. The largest absolute Gasteiger partial charge is 0.396 e. The molecule has 0 aliphatic carbocycles. The Bertz CT molecular complexity index is 533. The Morgan fingerprint density at radius 3 is 2.74 bits per heavy atom. The van der Waals surface area contributed by atoms with Crippen LogP contribution in [-0.4, -0.2) is 59.2 Å². The van der Waals surface area contributed by atoms with Crippen LogP contribution in [0.15, 0.2) is 18.2 Å². The molecule has 0 spiro atoms. The van der Waals surface area contributed by atoms with Crippen LogP contribution in [0.3, 0.4) is 0 Å². The van der Waals surface area contributed by atoms with E-state index in [2.05, 4.69) is 16.8 Å². The first kappa shape index (κ1) is 18.1. The van der Waals surface area contributed by atoms with Gasteiger partial charge in [0.25, 0.3) is 5.69 Å². The van der Waals surface area contributed by atoms with Gasteiger partial charge in [0.15, 0.2) is 0 Å². The van der Waals surface area contributed by atoms with Gasteiger partial charge in [0, 0.05) is 31.8 Å². The van der Waals surface area contributed by atoms with Gasteiger partial charge in [-0.3, -0.25) is 15.0 Å². The second kappa shape index (κ2) is 8.59. The van der Waals surface area contributed by atoms with E-state index in [9.17, 15) is 10.1 Å². The Hall–Kier alpha value is -1.21. The fourth-order valence-corrected chi connectivity index (χ4v) is 3.26. The van der Waals surface area contributed by atoms with Crippen LogP contribution in [0.25, 0.3) is 0 Å². The van der Waals surface area contributed by atoms with E-state index < -0.39 is 4.92 Å². The molecule has 1 aromatic carbocycles. The molecule has 1 aromatic rings. The molecule has 0 bridgehead atoms. The van der Waals surface area contributed by atoms with E-state index in [0.29, 0.717) is 12.6 Å². The van der Waals surface area contributed by atoms with Crippen LogP contribution in [0.5, 0.6) is 0 Å². The topological polar surface area (TPSA) is 69.8 Å². The third-order valence-electron chi connectivity index (χ3n) is 4.46. The van der Waals surface area contributed by atoms with Crippen molar-refractivity contribution < 1.29 is 10.0 Å². The molecule has 128 valence electrons. The van der Waals surface area contributed by atoms with Crippen molar-refractivity contribution in [1.82, 2.24) is 9.80 Å². The van der Waals surface area contributed by atoms with Gasteiger partial charge >= 0.3 is 0 Å². The second-order valence-electron chi connectivity index (χ2n) is 6.11. The van der Waals surface area contributed by atoms with Gasteiger partial charge in [-0.05, 0) is 51.0 Å². The van der Waals surface area contributed by atoms with E-state index in [-0.39, 0.29) is 17.3 Å². The highest BCUT2D eigenvalue weighted by Crippen LogP contribution is 2.26. The monoisotopic (exact) mass is 341 g/mol. The maximum Gasteiger partial charge on any atom is 0.288 e. The molecule has 0 aromatic heterocycles. The molecule has 0 radical (unpaired) electrons. The van der Waals surface area contributed by atoms with Crippen LogP contribution in [0.2, 0.25) is 5.02 Å². The quantitative estimate of drug-likeness (QED) is 0.609. The molecule has 0 saturated carbocycles. The molecule has 0 unspecified atom stereocenters. The molecule has 1 heterocycles. The molecule has 1 fully saturated rings. The van der Waals surface area contributed by atoms with Crippen molar-refractivity contribution in [1.29, 1.82) is 0 Å². The minimum atomic E-state index is -0.436. The lowest BCUT2D eigenvalue weighted by Gasteiger charge is -2.36. The molecular weight excluding hydrogens is 318 g/mol. The third-order valence-corrected chi connectivity index (χ3v) is 4.78. The summed E-state index contributed by atoms with van der Waals surface area (Å²) in [5.74, 6) is 0. The Morgan fingerprint density at radius 1 is 1.43 bits per heavy atom. The number of nitrogens with zero attached hydrogens (tertiary/aromatic N) is 3. The molecule has 0 amide bonds. The van der Waals surface area contributed by atoms with E-state index in [1.807, 2.05) is 6.07 Å². The molecule has 0 atom stereocenters. The van der Waals surface area contributed by atoms with Gasteiger partial charge in [0.1, 0.15) is 5.02 Å². The van der Waals surface area contributed by atoms with E-state index in [0.717, 1.165) is 44.5 Å². The van der Waals surface area contributed by atoms with Crippen molar-refractivity contribution >= 4 is 17.3 Å². The summed E-state index contributed by atoms with van der Waals surface area (Å²) in [4.78, 5) is 15.2. The number of hydrogen-bond acceptors (Lipinski definition) is 5. The first-order valence-electron chi connectivity index (χ1n) is 7.97. The minimum Gasteiger partial charge on any atom is -0.396 e. The zero-order chi connectivity index (χ0) is 16.8. The number of aliphatic hydroxyl groups is 1. The first-order chi connectivity index (χ1) is 11.0. The number of benzene rings is 1. The SMILES string of the molecule is CN(CCCO)C1CCN(Cc2ccc(Cl)c([N+](=O)[O-])c2)CC1. The van der Waals surface area contributed by atoms with Crippen molar-refractivity contribution in [2.75, 3.05) is 33.3 Å². The summed E-state index contributed by atoms with van der Waals surface area (Å²) in [5.41, 5.74) is 0.899. The predicted molar refractivity (Wildman–Crippen MR) is 90.7 cm³/mol. The Morgan fingerprint density at radius 2 is 2.13 bits per heavy atom. The molecular formula is C16H24ClN3O3. The van der Waals surface area contributed by atoms with E-state index in [1.54, 1.807) is 12.1 Å². The second-order valence-corrected chi connectivity index (χ2v) is 6.52. The van der Waals surface area contributed by atoms with Gasteiger partial charge in [-0.25, -0.2) is 0 Å². The summed E-state index contributed by atoms with van der Waals surface area (Å²) in [5, 5.41) is 20.0. The standard InChI is InChI=1S/C16H24ClN3O3/c1-18(7-2-10-21)14-5-8-19(9-6-14)12-13-3-4-15(17)16(11-13)20(22)23/h3-4,11,14,21H,2,5-10,12H2,1H3. The zero-order valence-electron chi connectivity index (χ0n) is 13.4.